The van der Waals surface area contributed by atoms with Crippen LogP contribution in [0.2, 0.25) is 0 Å². The van der Waals surface area contributed by atoms with E-state index in [-0.39, 0.29) is 17.5 Å². The van der Waals surface area contributed by atoms with Gasteiger partial charge in [0.05, 0.1) is 17.2 Å². The Balaban J connectivity index is 2.00. The van der Waals surface area contributed by atoms with Gasteiger partial charge in [-0.3, -0.25) is 0 Å². The lowest BCUT2D eigenvalue weighted by Crippen LogP contribution is -2.32. The summed E-state index contributed by atoms with van der Waals surface area (Å²) >= 11 is 3.40. The van der Waals surface area contributed by atoms with E-state index in [4.69, 9.17) is 0 Å². The van der Waals surface area contributed by atoms with Gasteiger partial charge < -0.3 is 5.32 Å². The number of aryl methyl sites for hydroxylation is 1. The summed E-state index contributed by atoms with van der Waals surface area (Å²) in [5.41, 5.74) is 0.929. The van der Waals surface area contributed by atoms with Crippen molar-refractivity contribution in [3.8, 4) is 0 Å². The first-order valence-corrected chi connectivity index (χ1v) is 8.18. The lowest BCUT2D eigenvalue weighted by molar-refractivity contribution is 0.559. The van der Waals surface area contributed by atoms with Crippen molar-refractivity contribution in [1.29, 1.82) is 0 Å². The van der Waals surface area contributed by atoms with Gasteiger partial charge in [0.1, 0.15) is 15.7 Å². The Hall–Kier alpha value is -0.620. The largest absolute Gasteiger partial charge is 0.367 e. The smallest absolute Gasteiger partial charge is 0.150 e. The van der Waals surface area contributed by atoms with E-state index in [1.807, 2.05) is 19.1 Å². The summed E-state index contributed by atoms with van der Waals surface area (Å²) in [4.78, 5) is 4.40. The Kier molecular flexibility index (Phi) is 3.73. The number of anilines is 1. The van der Waals surface area contributed by atoms with Crippen LogP contribution >= 0.6 is 15.9 Å². The Morgan fingerprint density at radius 2 is 2.00 bits per heavy atom. The molecular formula is C11H15BrN2O2S. The molecule has 1 N–H and O–H groups in total. The number of nitrogens with zero attached hydrogens (tertiary/aromatic N) is 1. The van der Waals surface area contributed by atoms with Crippen LogP contribution in [-0.4, -0.2) is 30.9 Å². The summed E-state index contributed by atoms with van der Waals surface area (Å²) in [6.45, 7) is 1.93. The third kappa shape index (κ3) is 3.42. The van der Waals surface area contributed by atoms with E-state index in [0.717, 1.165) is 16.0 Å². The lowest BCUT2D eigenvalue weighted by atomic mass is 10.1. The van der Waals surface area contributed by atoms with Crippen LogP contribution in [0.1, 0.15) is 18.5 Å². The molecule has 1 aromatic rings. The Morgan fingerprint density at radius 3 is 2.59 bits per heavy atom. The lowest BCUT2D eigenvalue weighted by Gasteiger charge is -2.23. The molecule has 1 aromatic heterocycles. The topological polar surface area (TPSA) is 59.1 Å². The van der Waals surface area contributed by atoms with Crippen LogP contribution in [0.4, 0.5) is 5.82 Å². The number of nitrogens with one attached hydrogen (secondary N) is 1. The number of hydrogen-bond donors (Lipinski definition) is 1. The molecular weight excluding hydrogens is 304 g/mol. The van der Waals surface area contributed by atoms with Crippen LogP contribution in [0.5, 0.6) is 0 Å². The zero-order valence-corrected chi connectivity index (χ0v) is 12.0. The summed E-state index contributed by atoms with van der Waals surface area (Å²) in [5.74, 6) is 1.37. The van der Waals surface area contributed by atoms with Gasteiger partial charge in [-0.25, -0.2) is 13.4 Å². The van der Waals surface area contributed by atoms with Crippen LogP contribution in [0.25, 0.3) is 0 Å². The van der Waals surface area contributed by atoms with Crippen LogP contribution in [0.15, 0.2) is 16.6 Å². The number of sulfone groups is 1. The zero-order chi connectivity index (χ0) is 12.5. The van der Waals surface area contributed by atoms with E-state index in [9.17, 15) is 8.42 Å². The van der Waals surface area contributed by atoms with Gasteiger partial charge in [0, 0.05) is 10.5 Å². The van der Waals surface area contributed by atoms with Crippen molar-refractivity contribution in [2.75, 3.05) is 16.8 Å². The van der Waals surface area contributed by atoms with Crippen molar-refractivity contribution in [2.24, 2.45) is 0 Å². The van der Waals surface area contributed by atoms with Gasteiger partial charge in [0.15, 0.2) is 0 Å². The molecule has 17 heavy (non-hydrogen) atoms. The fourth-order valence-electron chi connectivity index (χ4n) is 1.87. The predicted octanol–water partition coefficient (Wildman–Crippen LogP) is 2.14. The molecule has 1 aliphatic rings. The highest BCUT2D eigenvalue weighted by Gasteiger charge is 2.23. The molecule has 0 aliphatic carbocycles. The monoisotopic (exact) mass is 318 g/mol. The predicted molar refractivity (Wildman–Crippen MR) is 72.0 cm³/mol. The van der Waals surface area contributed by atoms with Crippen molar-refractivity contribution in [3.63, 3.8) is 0 Å². The van der Waals surface area contributed by atoms with Gasteiger partial charge in [0.25, 0.3) is 0 Å². The van der Waals surface area contributed by atoms with Gasteiger partial charge in [-0.2, -0.15) is 0 Å². The quantitative estimate of drug-likeness (QED) is 0.907. The minimum atomic E-state index is -2.79. The molecule has 1 fully saturated rings. The maximum atomic E-state index is 11.3. The van der Waals surface area contributed by atoms with E-state index in [1.165, 1.54) is 0 Å². The van der Waals surface area contributed by atoms with E-state index >= 15 is 0 Å². The molecule has 0 saturated carbocycles. The highest BCUT2D eigenvalue weighted by Crippen LogP contribution is 2.20. The molecule has 0 bridgehead atoms. The average Bonchev–Trinajstić information content (AvgIpc) is 2.27. The molecule has 0 aromatic carbocycles. The average molecular weight is 319 g/mol. The highest BCUT2D eigenvalue weighted by atomic mass is 79.9. The summed E-state index contributed by atoms with van der Waals surface area (Å²) in [7, 11) is -2.79. The molecule has 0 radical (unpaired) electrons. The molecule has 94 valence electrons. The summed E-state index contributed by atoms with van der Waals surface area (Å²) in [5, 5.41) is 3.29. The SMILES string of the molecule is Cc1nc(NC2CCS(=O)(=O)CC2)ccc1Br. The van der Waals surface area contributed by atoms with Crippen LogP contribution < -0.4 is 5.32 Å². The van der Waals surface area contributed by atoms with E-state index in [2.05, 4.69) is 26.2 Å². The normalized spacial score (nSPS) is 20.1. The molecule has 1 aliphatic heterocycles. The zero-order valence-electron chi connectivity index (χ0n) is 9.61. The van der Waals surface area contributed by atoms with Crippen molar-refractivity contribution in [2.45, 2.75) is 25.8 Å². The molecule has 4 nitrogen and oxygen atoms in total. The first kappa shape index (κ1) is 12.8. The molecule has 6 heteroatoms. The molecule has 1 saturated heterocycles. The maximum absolute atomic E-state index is 11.3. The summed E-state index contributed by atoms with van der Waals surface area (Å²) in [6, 6.07) is 4.07. The number of aromatic nitrogens is 1. The maximum Gasteiger partial charge on any atom is 0.150 e. The molecule has 0 amide bonds. The molecule has 0 unspecified atom stereocenters. The van der Waals surface area contributed by atoms with Gasteiger partial charge >= 0.3 is 0 Å². The minimum Gasteiger partial charge on any atom is -0.367 e. The Bertz CT molecular complexity index is 502. The Labute approximate surface area is 110 Å². The Morgan fingerprint density at radius 1 is 1.35 bits per heavy atom. The fourth-order valence-corrected chi connectivity index (χ4v) is 3.58. The molecule has 2 rings (SSSR count). The standard InChI is InChI=1S/C11H15BrN2O2S/c1-8-10(12)2-3-11(13-8)14-9-4-6-17(15,16)7-5-9/h2-3,9H,4-7H2,1H3,(H,13,14). The first-order chi connectivity index (χ1) is 7.96. The number of hydrogen-bond acceptors (Lipinski definition) is 4. The first-order valence-electron chi connectivity index (χ1n) is 5.56. The number of rotatable bonds is 2. The highest BCUT2D eigenvalue weighted by molar-refractivity contribution is 9.10. The molecule has 2 heterocycles. The second kappa shape index (κ2) is 4.94. The third-order valence-electron chi connectivity index (χ3n) is 2.93. The molecule has 0 atom stereocenters. The van der Waals surface area contributed by atoms with E-state index < -0.39 is 9.84 Å². The summed E-state index contributed by atoms with van der Waals surface area (Å²) < 4.78 is 23.6. The van der Waals surface area contributed by atoms with Crippen LogP contribution in [0.3, 0.4) is 0 Å². The second-order valence-electron chi connectivity index (χ2n) is 4.33. The van der Waals surface area contributed by atoms with Crippen molar-refractivity contribution in [1.82, 2.24) is 4.98 Å². The minimum absolute atomic E-state index is 0.214. The molecule has 0 spiro atoms. The fraction of sp³-hybridized carbons (Fsp3) is 0.545. The van der Waals surface area contributed by atoms with Gasteiger partial charge in [-0.05, 0) is 47.8 Å². The van der Waals surface area contributed by atoms with Crippen molar-refractivity contribution >= 4 is 31.6 Å². The third-order valence-corrected chi connectivity index (χ3v) is 5.48. The summed E-state index contributed by atoms with van der Waals surface area (Å²) in [6.07, 6.45) is 1.33. The van der Waals surface area contributed by atoms with Crippen LogP contribution in [0, 0.1) is 6.92 Å². The van der Waals surface area contributed by atoms with Gasteiger partial charge in [-0.15, -0.1) is 0 Å². The van der Waals surface area contributed by atoms with Gasteiger partial charge in [-0.1, -0.05) is 0 Å². The van der Waals surface area contributed by atoms with Crippen LogP contribution in [-0.2, 0) is 9.84 Å². The van der Waals surface area contributed by atoms with Gasteiger partial charge in [0.2, 0.25) is 0 Å². The number of halogens is 1. The van der Waals surface area contributed by atoms with Crippen molar-refractivity contribution in [3.05, 3.63) is 22.3 Å². The van der Waals surface area contributed by atoms with E-state index in [1.54, 1.807) is 0 Å². The second-order valence-corrected chi connectivity index (χ2v) is 7.49. The van der Waals surface area contributed by atoms with E-state index in [0.29, 0.717) is 12.8 Å². The van der Waals surface area contributed by atoms with Crippen molar-refractivity contribution < 1.29 is 8.42 Å². The number of pyridine rings is 1.